The lowest BCUT2D eigenvalue weighted by Crippen LogP contribution is -1.76. The number of hydrogen-bond acceptors (Lipinski definition) is 3. The maximum atomic E-state index is 12.2. The van der Waals surface area contributed by atoms with Gasteiger partial charge >= 0.3 is 0 Å². The first kappa shape index (κ1) is 7.65. The smallest absolute Gasteiger partial charge is 0.191 e. The zero-order chi connectivity index (χ0) is 8.27. The van der Waals surface area contributed by atoms with Crippen molar-refractivity contribution in [2.45, 2.75) is 6.92 Å². The molecule has 0 aliphatic heterocycles. The molecule has 11 heavy (non-hydrogen) atoms. The van der Waals surface area contributed by atoms with E-state index in [1.165, 1.54) is 6.26 Å². The minimum absolute atomic E-state index is 0.115. The summed E-state index contributed by atoms with van der Waals surface area (Å²) in [6.07, 6.45) is 2.39. The average molecular weight is 155 g/mol. The van der Waals surface area contributed by atoms with Gasteiger partial charge in [0.15, 0.2) is 18.0 Å². The lowest BCUT2D eigenvalue weighted by molar-refractivity contribution is -0.106. The summed E-state index contributed by atoms with van der Waals surface area (Å²) < 4.78 is 17.0. The van der Waals surface area contributed by atoms with Crippen LogP contribution in [0, 0.1) is 6.92 Å². The topological polar surface area (TPSA) is 43.1 Å². The summed E-state index contributed by atoms with van der Waals surface area (Å²) in [6.45, 7) is 1.64. The van der Waals surface area contributed by atoms with E-state index in [-0.39, 0.29) is 6.29 Å². The van der Waals surface area contributed by atoms with Crippen LogP contribution < -0.4 is 0 Å². The second-order valence-electron chi connectivity index (χ2n) is 1.94. The monoisotopic (exact) mass is 155 g/mol. The fraction of sp³-hybridized carbons (Fsp3) is 0.143. The van der Waals surface area contributed by atoms with E-state index >= 15 is 0 Å². The summed E-state index contributed by atoms with van der Waals surface area (Å²) in [5.41, 5.74) is 0.312. The van der Waals surface area contributed by atoms with E-state index in [0.29, 0.717) is 11.6 Å². The van der Waals surface area contributed by atoms with Gasteiger partial charge in [0.05, 0.1) is 0 Å². The van der Waals surface area contributed by atoms with E-state index in [1.54, 1.807) is 6.92 Å². The highest BCUT2D eigenvalue weighted by Crippen LogP contribution is 2.05. The van der Waals surface area contributed by atoms with Gasteiger partial charge in [-0.1, -0.05) is 0 Å². The Labute approximate surface area is 62.5 Å². The summed E-state index contributed by atoms with van der Waals surface area (Å²) in [5.74, 6) is -0.423. The average Bonchev–Trinajstić information content (AvgIpc) is 2.35. The molecule has 0 radical (unpaired) electrons. The van der Waals surface area contributed by atoms with Crippen LogP contribution in [-0.4, -0.2) is 11.3 Å². The van der Waals surface area contributed by atoms with E-state index in [1.807, 2.05) is 0 Å². The largest absolute Gasteiger partial charge is 0.449 e. The van der Waals surface area contributed by atoms with Crippen LogP contribution in [0.5, 0.6) is 0 Å². The molecule has 0 bridgehead atoms. The first-order valence-corrected chi connectivity index (χ1v) is 2.97. The number of halogens is 1. The Kier molecular flexibility index (Phi) is 2.15. The highest BCUT2D eigenvalue weighted by Gasteiger charge is 1.97. The molecule has 0 amide bonds. The highest BCUT2D eigenvalue weighted by molar-refractivity contribution is 5.77. The molecule has 3 nitrogen and oxygen atoms in total. The van der Waals surface area contributed by atoms with Crippen LogP contribution in [0.2, 0.25) is 0 Å². The van der Waals surface area contributed by atoms with Crippen LogP contribution in [0.4, 0.5) is 4.39 Å². The second-order valence-corrected chi connectivity index (χ2v) is 1.94. The zero-order valence-electron chi connectivity index (χ0n) is 5.87. The zero-order valence-corrected chi connectivity index (χ0v) is 5.87. The molecule has 0 unspecified atom stereocenters. The first-order chi connectivity index (χ1) is 5.22. The van der Waals surface area contributed by atoms with Crippen LogP contribution in [0.1, 0.15) is 11.6 Å². The van der Waals surface area contributed by atoms with Crippen LogP contribution >= 0.6 is 0 Å². The highest BCUT2D eigenvalue weighted by atomic mass is 19.1. The van der Waals surface area contributed by atoms with Crippen molar-refractivity contribution in [3.8, 4) is 0 Å². The van der Waals surface area contributed by atoms with Crippen molar-refractivity contribution < 1.29 is 13.6 Å². The van der Waals surface area contributed by atoms with Gasteiger partial charge in [-0.05, 0) is 0 Å². The van der Waals surface area contributed by atoms with Crippen LogP contribution in [0.15, 0.2) is 16.5 Å². The van der Waals surface area contributed by atoms with Crippen molar-refractivity contribution in [1.29, 1.82) is 0 Å². The van der Waals surface area contributed by atoms with E-state index in [4.69, 9.17) is 4.42 Å². The number of hydrogen-bond donors (Lipinski definition) is 0. The van der Waals surface area contributed by atoms with Crippen LogP contribution in [-0.2, 0) is 4.79 Å². The van der Waals surface area contributed by atoms with Crippen LogP contribution in [0.3, 0.4) is 0 Å². The summed E-state index contributed by atoms with van der Waals surface area (Å²) >= 11 is 0. The van der Waals surface area contributed by atoms with E-state index in [2.05, 4.69) is 4.98 Å². The minimum Gasteiger partial charge on any atom is -0.449 e. The summed E-state index contributed by atoms with van der Waals surface area (Å²) in [5, 5.41) is 0. The number of rotatable bonds is 2. The number of carbonyl (C=O) groups is 1. The van der Waals surface area contributed by atoms with Gasteiger partial charge < -0.3 is 4.42 Å². The minimum atomic E-state index is -0.863. The first-order valence-electron chi connectivity index (χ1n) is 2.97. The molecule has 1 heterocycles. The molecule has 1 aromatic heterocycles. The molecule has 4 heteroatoms. The fourth-order valence-corrected chi connectivity index (χ4v) is 0.622. The number of nitrogens with zero attached hydrogens (tertiary/aromatic N) is 1. The van der Waals surface area contributed by atoms with Gasteiger partial charge in [0.25, 0.3) is 0 Å². The number of aryl methyl sites for hydroxylation is 1. The Morgan fingerprint density at radius 1 is 1.82 bits per heavy atom. The molecule has 0 atom stereocenters. The van der Waals surface area contributed by atoms with E-state index in [9.17, 15) is 9.18 Å². The van der Waals surface area contributed by atoms with Crippen LogP contribution in [0.25, 0.3) is 6.08 Å². The molecule has 0 N–H and O–H groups in total. The Balaban J connectivity index is 2.86. The van der Waals surface area contributed by atoms with Crippen molar-refractivity contribution in [3.63, 3.8) is 0 Å². The van der Waals surface area contributed by atoms with Gasteiger partial charge in [-0.25, -0.2) is 9.37 Å². The standard InChI is InChI=1S/C7H6FNO2/c1-5-9-7(4-11-5)2-6(8)3-10/h2-4H,1H3/b6-2-. The van der Waals surface area contributed by atoms with Gasteiger partial charge in [-0.2, -0.15) is 0 Å². The predicted octanol–water partition coefficient (Wildman–Crippen LogP) is 1.49. The maximum Gasteiger partial charge on any atom is 0.191 e. The van der Waals surface area contributed by atoms with E-state index < -0.39 is 5.83 Å². The van der Waals surface area contributed by atoms with Gasteiger partial charge in [-0.3, -0.25) is 4.79 Å². The lowest BCUT2D eigenvalue weighted by atomic mass is 10.4. The molecule has 0 spiro atoms. The molecule has 0 saturated heterocycles. The third-order valence-corrected chi connectivity index (χ3v) is 1.04. The van der Waals surface area contributed by atoms with Crippen molar-refractivity contribution in [2.75, 3.05) is 0 Å². The van der Waals surface area contributed by atoms with Gasteiger partial charge in [0.2, 0.25) is 0 Å². The summed E-state index contributed by atoms with van der Waals surface area (Å²) in [4.78, 5) is 13.6. The Hall–Kier alpha value is -1.45. The van der Waals surface area contributed by atoms with E-state index in [0.717, 1.165) is 6.08 Å². The van der Waals surface area contributed by atoms with Gasteiger partial charge in [-0.15, -0.1) is 0 Å². The fourth-order valence-electron chi connectivity index (χ4n) is 0.622. The number of oxazole rings is 1. The SMILES string of the molecule is Cc1nc(/C=C(\F)C=O)co1. The Bertz CT molecular complexity index is 290. The van der Waals surface area contributed by atoms with Crippen molar-refractivity contribution in [1.82, 2.24) is 4.98 Å². The number of allylic oxidation sites excluding steroid dienone is 1. The Morgan fingerprint density at radius 3 is 3.00 bits per heavy atom. The second kappa shape index (κ2) is 3.09. The molecule has 0 saturated carbocycles. The van der Waals surface area contributed by atoms with Gasteiger partial charge in [0, 0.05) is 13.0 Å². The van der Waals surface area contributed by atoms with Crippen molar-refractivity contribution in [3.05, 3.63) is 23.7 Å². The van der Waals surface area contributed by atoms with Crippen molar-refractivity contribution >= 4 is 12.4 Å². The summed E-state index contributed by atoms with van der Waals surface area (Å²) in [7, 11) is 0. The molecule has 58 valence electrons. The molecule has 0 aromatic carbocycles. The van der Waals surface area contributed by atoms with Gasteiger partial charge in [0.1, 0.15) is 12.0 Å². The number of aromatic nitrogens is 1. The number of aldehydes is 1. The molecular formula is C7H6FNO2. The third-order valence-electron chi connectivity index (χ3n) is 1.04. The third kappa shape index (κ3) is 2.00. The molecule has 1 rings (SSSR count). The Morgan fingerprint density at radius 2 is 2.55 bits per heavy atom. The molecule has 0 aliphatic carbocycles. The molecule has 1 aromatic rings. The summed E-state index contributed by atoms with van der Waals surface area (Å²) in [6, 6.07) is 0. The normalized spacial score (nSPS) is 11.6. The maximum absolute atomic E-state index is 12.2. The van der Waals surface area contributed by atoms with Crippen molar-refractivity contribution in [2.24, 2.45) is 0 Å². The predicted molar refractivity (Wildman–Crippen MR) is 36.4 cm³/mol. The molecule has 0 fully saturated rings. The number of carbonyl (C=O) groups excluding carboxylic acids is 1. The lowest BCUT2D eigenvalue weighted by Gasteiger charge is -1.78. The molecular weight excluding hydrogens is 149 g/mol. The quantitative estimate of drug-likeness (QED) is 0.480. The molecule has 0 aliphatic rings.